The fourth-order valence-corrected chi connectivity index (χ4v) is 4.77. The molecule has 2 aromatic rings. The van der Waals surface area contributed by atoms with Gasteiger partial charge >= 0.3 is 0 Å². The normalized spacial score (nSPS) is 15.3. The molecule has 1 fully saturated rings. The third kappa shape index (κ3) is 4.93. The molecule has 6 heteroatoms. The Hall–Kier alpha value is -1.79. The zero-order valence-electron chi connectivity index (χ0n) is 16.5. The minimum absolute atomic E-state index is 0.156. The fourth-order valence-electron chi connectivity index (χ4n) is 3.57. The Balaban J connectivity index is 1.64. The Morgan fingerprint density at radius 3 is 2.70 bits per heavy atom. The van der Waals surface area contributed by atoms with Crippen LogP contribution in [0.4, 0.5) is 0 Å². The number of hydrogen-bond acceptors (Lipinski definition) is 5. The third-order valence-corrected chi connectivity index (χ3v) is 6.48. The summed E-state index contributed by atoms with van der Waals surface area (Å²) in [5.41, 5.74) is 2.85. The summed E-state index contributed by atoms with van der Waals surface area (Å²) in [5, 5.41) is 7.24. The van der Waals surface area contributed by atoms with Crippen LogP contribution in [0.3, 0.4) is 0 Å². The van der Waals surface area contributed by atoms with E-state index in [4.69, 9.17) is 4.52 Å². The van der Waals surface area contributed by atoms with Crippen molar-refractivity contribution in [1.82, 2.24) is 15.4 Å². The van der Waals surface area contributed by atoms with E-state index in [1.54, 1.807) is 11.8 Å². The van der Waals surface area contributed by atoms with Crippen LogP contribution in [0, 0.1) is 19.8 Å². The number of hydrogen-bond donors (Lipinski definition) is 1. The van der Waals surface area contributed by atoms with E-state index >= 15 is 0 Å². The highest BCUT2D eigenvalue weighted by Crippen LogP contribution is 2.30. The summed E-state index contributed by atoms with van der Waals surface area (Å²) in [6.07, 6.45) is 3.39. The molecule has 0 aliphatic carbocycles. The lowest BCUT2D eigenvalue weighted by atomic mass is 9.93. The predicted octanol–water partition coefficient (Wildman–Crippen LogP) is 4.05. The number of nitrogens with one attached hydrogen (secondary N) is 1. The molecular formula is C21H29N3O2S. The van der Waals surface area contributed by atoms with Crippen molar-refractivity contribution in [3.63, 3.8) is 0 Å². The summed E-state index contributed by atoms with van der Waals surface area (Å²) in [5.74, 6) is 2.50. The molecule has 1 aromatic heterocycles. The van der Waals surface area contributed by atoms with Crippen molar-refractivity contribution in [1.29, 1.82) is 0 Å². The minimum atomic E-state index is 0.156. The lowest BCUT2D eigenvalue weighted by Crippen LogP contribution is -2.39. The molecule has 0 atom stereocenters. The fraction of sp³-hybridized carbons (Fsp3) is 0.524. The first kappa shape index (κ1) is 20.0. The number of carbonyl (C=O) groups is 1. The van der Waals surface area contributed by atoms with E-state index in [1.165, 1.54) is 6.42 Å². The molecule has 0 unspecified atom stereocenters. The van der Waals surface area contributed by atoms with E-state index in [1.807, 2.05) is 50.1 Å². The summed E-state index contributed by atoms with van der Waals surface area (Å²) < 4.78 is 5.25. The quantitative estimate of drug-likeness (QED) is 0.727. The summed E-state index contributed by atoms with van der Waals surface area (Å²) in [6.45, 7) is 6.67. The largest absolute Gasteiger partial charge is 0.361 e. The SMILES string of the molecule is CNCCC1CCN(C(=O)c2ccccc2SCc2c(C)noc2C)CC1. The number of carbonyl (C=O) groups excluding carboxylic acids is 1. The summed E-state index contributed by atoms with van der Waals surface area (Å²) in [4.78, 5) is 16.2. The molecule has 0 bridgehead atoms. The van der Waals surface area contributed by atoms with Crippen LogP contribution in [0.25, 0.3) is 0 Å². The molecule has 1 aliphatic heterocycles. The first-order chi connectivity index (χ1) is 13.1. The molecule has 3 rings (SSSR count). The molecule has 1 amide bonds. The zero-order chi connectivity index (χ0) is 19.2. The van der Waals surface area contributed by atoms with Gasteiger partial charge in [0.2, 0.25) is 0 Å². The van der Waals surface area contributed by atoms with Crippen molar-refractivity contribution in [2.45, 2.75) is 43.8 Å². The number of rotatable bonds is 7. The van der Waals surface area contributed by atoms with Crippen LogP contribution in [0.5, 0.6) is 0 Å². The van der Waals surface area contributed by atoms with E-state index in [2.05, 4.69) is 10.5 Å². The van der Waals surface area contributed by atoms with Crippen LogP contribution >= 0.6 is 11.8 Å². The minimum Gasteiger partial charge on any atom is -0.361 e. The predicted molar refractivity (Wildman–Crippen MR) is 109 cm³/mol. The number of benzene rings is 1. The summed E-state index contributed by atoms with van der Waals surface area (Å²) in [6, 6.07) is 7.93. The van der Waals surface area contributed by atoms with Crippen LogP contribution in [-0.4, -0.2) is 42.6 Å². The van der Waals surface area contributed by atoms with Gasteiger partial charge in [-0.2, -0.15) is 0 Å². The summed E-state index contributed by atoms with van der Waals surface area (Å²) in [7, 11) is 2.00. The van der Waals surface area contributed by atoms with Gasteiger partial charge in [0.15, 0.2) is 0 Å². The van der Waals surface area contributed by atoms with E-state index in [0.29, 0.717) is 0 Å². The van der Waals surface area contributed by atoms with Crippen molar-refractivity contribution >= 4 is 17.7 Å². The highest BCUT2D eigenvalue weighted by Gasteiger charge is 2.25. The van der Waals surface area contributed by atoms with Crippen molar-refractivity contribution in [3.05, 3.63) is 46.8 Å². The second kappa shape index (κ2) is 9.42. The molecular weight excluding hydrogens is 358 g/mol. The molecule has 146 valence electrons. The Labute approximate surface area is 165 Å². The number of thioether (sulfide) groups is 1. The maximum atomic E-state index is 13.1. The second-order valence-corrected chi connectivity index (χ2v) is 8.23. The highest BCUT2D eigenvalue weighted by molar-refractivity contribution is 7.98. The third-order valence-electron chi connectivity index (χ3n) is 5.38. The van der Waals surface area contributed by atoms with E-state index < -0.39 is 0 Å². The lowest BCUT2D eigenvalue weighted by molar-refractivity contribution is 0.0683. The van der Waals surface area contributed by atoms with Gasteiger partial charge in [0.25, 0.3) is 5.91 Å². The Bertz CT molecular complexity index is 747. The number of piperidine rings is 1. The highest BCUT2D eigenvalue weighted by atomic mass is 32.2. The number of aromatic nitrogens is 1. The molecule has 1 N–H and O–H groups in total. The van der Waals surface area contributed by atoms with Crippen LogP contribution in [0.15, 0.2) is 33.7 Å². The number of nitrogens with zero attached hydrogens (tertiary/aromatic N) is 2. The first-order valence-corrected chi connectivity index (χ1v) is 10.7. The molecule has 0 radical (unpaired) electrons. The standard InChI is InChI=1S/C21H29N3O2S/c1-15-19(16(2)26-23-15)14-27-20-7-5-4-6-18(20)21(25)24-12-9-17(10-13-24)8-11-22-3/h4-7,17,22H,8-14H2,1-3H3. The number of aryl methyl sites for hydroxylation is 2. The van der Waals surface area contributed by atoms with Crippen molar-refractivity contribution in [2.24, 2.45) is 5.92 Å². The second-order valence-electron chi connectivity index (χ2n) is 7.22. The molecule has 0 saturated carbocycles. The van der Waals surface area contributed by atoms with Crippen molar-refractivity contribution in [2.75, 3.05) is 26.7 Å². The number of amides is 1. The number of likely N-dealkylation sites (tertiary alicyclic amines) is 1. The van der Waals surface area contributed by atoms with Gasteiger partial charge in [0.05, 0.1) is 11.3 Å². The zero-order valence-corrected chi connectivity index (χ0v) is 17.3. The van der Waals surface area contributed by atoms with Crippen LogP contribution < -0.4 is 5.32 Å². The average molecular weight is 388 g/mol. The van der Waals surface area contributed by atoms with Gasteiger partial charge in [-0.1, -0.05) is 17.3 Å². The van der Waals surface area contributed by atoms with E-state index in [0.717, 1.165) is 71.6 Å². The van der Waals surface area contributed by atoms with Crippen molar-refractivity contribution < 1.29 is 9.32 Å². The van der Waals surface area contributed by atoms with Crippen LogP contribution in [0.2, 0.25) is 0 Å². The molecule has 5 nitrogen and oxygen atoms in total. The molecule has 1 aromatic carbocycles. The van der Waals surface area contributed by atoms with Gasteiger partial charge < -0.3 is 14.7 Å². The van der Waals surface area contributed by atoms with Gasteiger partial charge in [-0.05, 0) is 64.8 Å². The van der Waals surface area contributed by atoms with Crippen LogP contribution in [-0.2, 0) is 5.75 Å². The topological polar surface area (TPSA) is 58.4 Å². The Morgan fingerprint density at radius 1 is 1.30 bits per heavy atom. The molecule has 2 heterocycles. The van der Waals surface area contributed by atoms with Gasteiger partial charge in [-0.25, -0.2) is 0 Å². The van der Waals surface area contributed by atoms with Gasteiger partial charge in [-0.15, -0.1) is 11.8 Å². The summed E-state index contributed by atoms with van der Waals surface area (Å²) >= 11 is 1.68. The maximum absolute atomic E-state index is 13.1. The molecule has 27 heavy (non-hydrogen) atoms. The molecule has 0 spiro atoms. The molecule has 1 aliphatic rings. The smallest absolute Gasteiger partial charge is 0.254 e. The van der Waals surface area contributed by atoms with E-state index in [9.17, 15) is 4.79 Å². The van der Waals surface area contributed by atoms with Gasteiger partial charge in [0, 0.05) is 29.3 Å². The molecule has 1 saturated heterocycles. The van der Waals surface area contributed by atoms with Gasteiger partial charge in [0.1, 0.15) is 5.76 Å². The Morgan fingerprint density at radius 2 is 2.04 bits per heavy atom. The average Bonchev–Trinajstić information content (AvgIpc) is 3.02. The lowest BCUT2D eigenvalue weighted by Gasteiger charge is -2.32. The maximum Gasteiger partial charge on any atom is 0.254 e. The van der Waals surface area contributed by atoms with E-state index in [-0.39, 0.29) is 5.91 Å². The van der Waals surface area contributed by atoms with Crippen molar-refractivity contribution in [3.8, 4) is 0 Å². The monoisotopic (exact) mass is 387 g/mol. The van der Waals surface area contributed by atoms with Crippen LogP contribution in [0.1, 0.15) is 46.6 Å². The first-order valence-electron chi connectivity index (χ1n) is 9.67. The Kier molecular flexibility index (Phi) is 6.96. The van der Waals surface area contributed by atoms with Gasteiger partial charge in [-0.3, -0.25) is 4.79 Å².